The Morgan fingerprint density at radius 3 is 2.41 bits per heavy atom. The van der Waals surface area contributed by atoms with Crippen molar-refractivity contribution in [3.05, 3.63) is 138 Å². The lowest BCUT2D eigenvalue weighted by Gasteiger charge is -2.35. The fraction of sp³-hybridized carbons (Fsp3) is 0.200. The molecule has 0 radical (unpaired) electrons. The Labute approximate surface area is 230 Å². The van der Waals surface area contributed by atoms with Crippen LogP contribution in [0.1, 0.15) is 41.1 Å². The predicted molar refractivity (Wildman–Crippen MR) is 158 cm³/mol. The van der Waals surface area contributed by atoms with Crippen LogP contribution in [-0.2, 0) is 6.54 Å². The van der Waals surface area contributed by atoms with Gasteiger partial charge in [0.15, 0.2) is 0 Å². The van der Waals surface area contributed by atoms with Crippen molar-refractivity contribution in [2.45, 2.75) is 31.5 Å². The van der Waals surface area contributed by atoms with Gasteiger partial charge in [-0.05, 0) is 77.2 Å². The van der Waals surface area contributed by atoms with Gasteiger partial charge in [-0.3, -0.25) is 9.88 Å². The van der Waals surface area contributed by atoms with Crippen molar-refractivity contribution >= 4 is 10.8 Å². The molecule has 0 bridgehead atoms. The van der Waals surface area contributed by atoms with Gasteiger partial charge in [-0.15, -0.1) is 0 Å². The van der Waals surface area contributed by atoms with Crippen molar-refractivity contribution in [2.24, 2.45) is 0 Å². The zero-order valence-corrected chi connectivity index (χ0v) is 22.0. The molecule has 39 heavy (non-hydrogen) atoms. The molecule has 2 heterocycles. The minimum absolute atomic E-state index is 0.00848. The van der Waals surface area contributed by atoms with Crippen LogP contribution in [0.15, 0.2) is 116 Å². The molecule has 1 unspecified atom stereocenters. The van der Waals surface area contributed by atoms with Crippen LogP contribution >= 0.6 is 0 Å². The molecule has 1 atom stereocenters. The van der Waals surface area contributed by atoms with Crippen LogP contribution in [0.25, 0.3) is 21.9 Å². The van der Waals surface area contributed by atoms with Crippen molar-refractivity contribution < 1.29 is 0 Å². The average Bonchev–Trinajstić information content (AvgIpc) is 3.01. The topological polar surface area (TPSA) is 52.0 Å². The van der Waals surface area contributed by atoms with Crippen molar-refractivity contribution in [3.63, 3.8) is 0 Å². The van der Waals surface area contributed by atoms with Crippen LogP contribution in [0.2, 0.25) is 0 Å². The van der Waals surface area contributed by atoms with Gasteiger partial charge >= 0.3 is 0 Å². The van der Waals surface area contributed by atoms with Crippen LogP contribution in [0.4, 0.5) is 0 Å². The van der Waals surface area contributed by atoms with Crippen LogP contribution in [-0.4, -0.2) is 29.0 Å². The van der Waals surface area contributed by atoms with Crippen LogP contribution in [0.5, 0.6) is 0 Å². The second-order valence-corrected chi connectivity index (χ2v) is 10.4. The van der Waals surface area contributed by atoms with Crippen molar-refractivity contribution in [1.29, 1.82) is 5.26 Å². The van der Waals surface area contributed by atoms with Crippen molar-refractivity contribution in [1.82, 2.24) is 15.2 Å². The molecule has 6 rings (SSSR count). The second-order valence-electron chi connectivity index (χ2n) is 10.4. The highest BCUT2D eigenvalue weighted by Gasteiger charge is 2.24. The third-order valence-electron chi connectivity index (χ3n) is 7.83. The molecule has 0 saturated carbocycles. The van der Waals surface area contributed by atoms with Gasteiger partial charge in [0.2, 0.25) is 0 Å². The second kappa shape index (κ2) is 11.6. The maximum absolute atomic E-state index is 10.0. The molecule has 1 aromatic heterocycles. The Morgan fingerprint density at radius 2 is 1.62 bits per heavy atom. The average molecular weight is 509 g/mol. The predicted octanol–water partition coefficient (Wildman–Crippen LogP) is 7.12. The van der Waals surface area contributed by atoms with Gasteiger partial charge < -0.3 is 5.32 Å². The molecule has 4 aromatic carbocycles. The third kappa shape index (κ3) is 5.61. The number of aromatic nitrogens is 1. The Morgan fingerprint density at radius 1 is 0.821 bits per heavy atom. The van der Waals surface area contributed by atoms with E-state index >= 15 is 0 Å². The Hall–Kier alpha value is -4.30. The number of hydrogen-bond donors (Lipinski definition) is 1. The SMILES string of the molecule is N#Cc1ccc(C(NC2CCN(Cc3ccccc3)CC2)c2cccnc2)cc1-c1cccc2ccccc12. The van der Waals surface area contributed by atoms with Gasteiger partial charge in [-0.1, -0.05) is 84.9 Å². The number of piperidine rings is 1. The van der Waals surface area contributed by atoms with Gasteiger partial charge in [-0.25, -0.2) is 0 Å². The third-order valence-corrected chi connectivity index (χ3v) is 7.83. The minimum atomic E-state index is -0.00848. The highest BCUT2D eigenvalue weighted by atomic mass is 15.1. The summed E-state index contributed by atoms with van der Waals surface area (Å²) < 4.78 is 0. The van der Waals surface area contributed by atoms with E-state index in [2.05, 4.69) is 112 Å². The molecule has 0 spiro atoms. The molecule has 1 aliphatic heterocycles. The lowest BCUT2D eigenvalue weighted by molar-refractivity contribution is 0.186. The summed E-state index contributed by atoms with van der Waals surface area (Å²) in [7, 11) is 0. The summed E-state index contributed by atoms with van der Waals surface area (Å²) in [5, 5.41) is 16.3. The number of hydrogen-bond acceptors (Lipinski definition) is 4. The number of rotatable bonds is 7. The molecule has 4 nitrogen and oxygen atoms in total. The molecule has 1 saturated heterocycles. The zero-order chi connectivity index (χ0) is 26.4. The molecular formula is C35H32N4. The minimum Gasteiger partial charge on any atom is -0.303 e. The molecule has 1 N–H and O–H groups in total. The van der Waals surface area contributed by atoms with E-state index in [-0.39, 0.29) is 6.04 Å². The summed E-state index contributed by atoms with van der Waals surface area (Å²) in [5.41, 5.74) is 6.41. The van der Waals surface area contributed by atoms with Gasteiger partial charge in [0.05, 0.1) is 17.7 Å². The zero-order valence-electron chi connectivity index (χ0n) is 22.0. The first-order valence-corrected chi connectivity index (χ1v) is 13.7. The Bertz CT molecular complexity index is 1580. The van der Waals surface area contributed by atoms with Gasteiger partial charge in [0.1, 0.15) is 0 Å². The number of likely N-dealkylation sites (tertiary alicyclic amines) is 1. The van der Waals surface area contributed by atoms with Crippen LogP contribution in [0.3, 0.4) is 0 Å². The van der Waals surface area contributed by atoms with Crippen LogP contribution in [0, 0.1) is 11.3 Å². The van der Waals surface area contributed by atoms with Gasteiger partial charge in [0.25, 0.3) is 0 Å². The number of benzene rings is 4. The largest absolute Gasteiger partial charge is 0.303 e. The molecule has 1 fully saturated rings. The summed E-state index contributed by atoms with van der Waals surface area (Å²) in [4.78, 5) is 6.99. The van der Waals surface area contributed by atoms with Gasteiger partial charge in [0, 0.05) is 30.5 Å². The quantitative estimate of drug-likeness (QED) is 0.254. The first-order chi connectivity index (χ1) is 19.3. The normalized spacial score (nSPS) is 15.2. The summed E-state index contributed by atoms with van der Waals surface area (Å²) in [6.07, 6.45) is 5.97. The lowest BCUT2D eigenvalue weighted by atomic mass is 9.90. The molecule has 5 aromatic rings. The smallest absolute Gasteiger partial charge is 0.0998 e. The van der Waals surface area contributed by atoms with E-state index in [0.717, 1.165) is 60.1 Å². The first-order valence-electron chi connectivity index (χ1n) is 13.7. The molecule has 0 aliphatic carbocycles. The van der Waals surface area contributed by atoms with E-state index in [9.17, 15) is 5.26 Å². The van der Waals surface area contributed by atoms with E-state index in [4.69, 9.17) is 0 Å². The fourth-order valence-electron chi connectivity index (χ4n) is 5.79. The number of pyridine rings is 1. The molecular weight excluding hydrogens is 476 g/mol. The number of nitrogens with one attached hydrogen (secondary N) is 1. The Kier molecular flexibility index (Phi) is 7.45. The summed E-state index contributed by atoms with van der Waals surface area (Å²) >= 11 is 0. The van der Waals surface area contributed by atoms with E-state index in [0.29, 0.717) is 11.6 Å². The number of fused-ring (bicyclic) bond motifs is 1. The summed E-state index contributed by atoms with van der Waals surface area (Å²) in [5.74, 6) is 0. The molecule has 4 heteroatoms. The summed E-state index contributed by atoms with van der Waals surface area (Å²) in [6, 6.07) is 38.7. The maximum atomic E-state index is 10.0. The highest BCUT2D eigenvalue weighted by molar-refractivity contribution is 5.97. The van der Waals surface area contributed by atoms with Gasteiger partial charge in [-0.2, -0.15) is 5.26 Å². The summed E-state index contributed by atoms with van der Waals surface area (Å²) in [6.45, 7) is 3.14. The lowest BCUT2D eigenvalue weighted by Crippen LogP contribution is -2.43. The highest BCUT2D eigenvalue weighted by Crippen LogP contribution is 2.34. The van der Waals surface area contributed by atoms with E-state index in [1.165, 1.54) is 10.9 Å². The Balaban J connectivity index is 1.29. The fourth-order valence-corrected chi connectivity index (χ4v) is 5.79. The van der Waals surface area contributed by atoms with Crippen molar-refractivity contribution in [3.8, 4) is 17.2 Å². The molecule has 1 aliphatic rings. The van der Waals surface area contributed by atoms with E-state index in [1.807, 2.05) is 24.5 Å². The number of nitriles is 1. The standard InChI is InChI=1S/C35H32N4/c36-23-29-16-15-28(22-34(29)33-14-6-11-27-10-4-5-13-32(27)33)35(30-12-7-19-37-24-30)38-31-17-20-39(21-18-31)25-26-8-2-1-3-9-26/h1-16,19,22,24,31,35,38H,17-18,20-21,25H2. The molecule has 192 valence electrons. The van der Waals surface area contributed by atoms with Crippen molar-refractivity contribution in [2.75, 3.05) is 13.1 Å². The molecule has 0 amide bonds. The first kappa shape index (κ1) is 25.0. The number of nitrogens with zero attached hydrogens (tertiary/aromatic N) is 3. The van der Waals surface area contributed by atoms with E-state index in [1.54, 1.807) is 0 Å². The maximum Gasteiger partial charge on any atom is 0.0998 e. The van der Waals surface area contributed by atoms with E-state index < -0.39 is 0 Å². The monoisotopic (exact) mass is 508 g/mol. The van der Waals surface area contributed by atoms with Crippen LogP contribution < -0.4 is 5.32 Å².